The van der Waals surface area contributed by atoms with E-state index < -0.39 is 0 Å². The number of aryl methyl sites for hydroxylation is 1. The van der Waals surface area contributed by atoms with Gasteiger partial charge in [-0.1, -0.05) is 0 Å². The van der Waals surface area contributed by atoms with E-state index >= 15 is 0 Å². The molecule has 1 saturated heterocycles. The lowest BCUT2D eigenvalue weighted by atomic mass is 10.1. The SMILES string of the molecule is Cc1scc(C(=O)N2CC(C)OC(C)C2)c1C. The van der Waals surface area contributed by atoms with Crippen LogP contribution in [-0.4, -0.2) is 36.1 Å². The first-order chi connectivity index (χ1) is 7.99. The van der Waals surface area contributed by atoms with Gasteiger partial charge in [0.25, 0.3) is 5.91 Å². The van der Waals surface area contributed by atoms with Gasteiger partial charge in [0.2, 0.25) is 0 Å². The molecule has 0 aliphatic carbocycles. The van der Waals surface area contributed by atoms with E-state index in [9.17, 15) is 4.79 Å². The van der Waals surface area contributed by atoms with E-state index in [2.05, 4.69) is 6.92 Å². The smallest absolute Gasteiger partial charge is 0.255 e. The van der Waals surface area contributed by atoms with Crippen LogP contribution in [0.4, 0.5) is 0 Å². The number of ether oxygens (including phenoxy) is 1. The highest BCUT2D eigenvalue weighted by atomic mass is 32.1. The molecular formula is C13H19NO2S. The minimum atomic E-state index is 0.128. The van der Waals surface area contributed by atoms with Crippen molar-refractivity contribution < 1.29 is 9.53 Å². The van der Waals surface area contributed by atoms with E-state index in [4.69, 9.17) is 4.74 Å². The summed E-state index contributed by atoms with van der Waals surface area (Å²) in [6.45, 7) is 9.49. The summed E-state index contributed by atoms with van der Waals surface area (Å²) in [4.78, 5) is 15.5. The Kier molecular flexibility index (Phi) is 3.54. The maximum absolute atomic E-state index is 12.4. The molecular weight excluding hydrogens is 234 g/mol. The normalized spacial score (nSPS) is 25.1. The number of carbonyl (C=O) groups is 1. The molecule has 0 aromatic carbocycles. The molecule has 4 heteroatoms. The quantitative estimate of drug-likeness (QED) is 0.770. The number of hydrogen-bond donors (Lipinski definition) is 0. The zero-order chi connectivity index (χ0) is 12.6. The van der Waals surface area contributed by atoms with Crippen LogP contribution in [0.15, 0.2) is 5.38 Å². The average molecular weight is 253 g/mol. The summed E-state index contributed by atoms with van der Waals surface area (Å²) in [6.07, 6.45) is 0.255. The molecule has 0 bridgehead atoms. The third kappa shape index (κ3) is 2.53. The number of rotatable bonds is 1. The molecule has 1 amide bonds. The lowest BCUT2D eigenvalue weighted by molar-refractivity contribution is -0.0586. The summed E-state index contributed by atoms with van der Waals surface area (Å²) >= 11 is 1.65. The van der Waals surface area contributed by atoms with E-state index in [1.54, 1.807) is 11.3 Å². The van der Waals surface area contributed by atoms with Crippen molar-refractivity contribution in [3.05, 3.63) is 21.4 Å². The zero-order valence-electron chi connectivity index (χ0n) is 10.8. The fourth-order valence-corrected chi connectivity index (χ4v) is 3.10. The second-order valence-corrected chi connectivity index (χ2v) is 5.88. The summed E-state index contributed by atoms with van der Waals surface area (Å²) in [7, 11) is 0. The van der Waals surface area contributed by atoms with Crippen LogP contribution in [0.25, 0.3) is 0 Å². The van der Waals surface area contributed by atoms with Gasteiger partial charge in [0, 0.05) is 23.3 Å². The molecule has 1 aliphatic rings. The topological polar surface area (TPSA) is 29.5 Å². The highest BCUT2D eigenvalue weighted by Crippen LogP contribution is 2.23. The van der Waals surface area contributed by atoms with Crippen LogP contribution in [0.1, 0.15) is 34.6 Å². The van der Waals surface area contributed by atoms with Crippen LogP contribution in [0, 0.1) is 13.8 Å². The standard InChI is InChI=1S/C13H19NO2S/c1-8-5-14(6-9(2)16-8)13(15)12-7-17-11(4)10(12)3/h7-9H,5-6H2,1-4H3. The van der Waals surface area contributed by atoms with Crippen LogP contribution in [0.5, 0.6) is 0 Å². The lowest BCUT2D eigenvalue weighted by Crippen LogP contribution is -2.48. The molecule has 0 saturated carbocycles. The van der Waals surface area contributed by atoms with Crippen molar-refractivity contribution in [2.24, 2.45) is 0 Å². The first kappa shape index (κ1) is 12.6. The fourth-order valence-electron chi connectivity index (χ4n) is 2.24. The van der Waals surface area contributed by atoms with Crippen molar-refractivity contribution in [1.29, 1.82) is 0 Å². The van der Waals surface area contributed by atoms with Crippen molar-refractivity contribution in [2.75, 3.05) is 13.1 Å². The Morgan fingerprint density at radius 1 is 1.35 bits per heavy atom. The number of hydrogen-bond acceptors (Lipinski definition) is 3. The first-order valence-electron chi connectivity index (χ1n) is 5.98. The first-order valence-corrected chi connectivity index (χ1v) is 6.86. The largest absolute Gasteiger partial charge is 0.372 e. The van der Waals surface area contributed by atoms with Gasteiger partial charge in [-0.15, -0.1) is 11.3 Å². The molecule has 2 unspecified atom stereocenters. The predicted molar refractivity (Wildman–Crippen MR) is 69.7 cm³/mol. The molecule has 0 spiro atoms. The van der Waals surface area contributed by atoms with E-state index in [1.165, 1.54) is 4.88 Å². The van der Waals surface area contributed by atoms with Gasteiger partial charge in [-0.05, 0) is 33.3 Å². The van der Waals surface area contributed by atoms with Crippen LogP contribution in [-0.2, 0) is 4.74 Å². The van der Waals surface area contributed by atoms with Crippen molar-refractivity contribution in [3.63, 3.8) is 0 Å². The molecule has 2 rings (SSSR count). The lowest BCUT2D eigenvalue weighted by Gasteiger charge is -2.35. The highest BCUT2D eigenvalue weighted by Gasteiger charge is 2.27. The Balaban J connectivity index is 2.17. The maximum Gasteiger partial charge on any atom is 0.255 e. The molecule has 2 atom stereocenters. The monoisotopic (exact) mass is 253 g/mol. The minimum absolute atomic E-state index is 0.128. The third-order valence-corrected chi connectivity index (χ3v) is 4.24. The molecule has 1 aromatic heterocycles. The third-order valence-electron chi connectivity index (χ3n) is 3.22. The Labute approximate surface area is 106 Å². The number of nitrogens with zero attached hydrogens (tertiary/aromatic N) is 1. The van der Waals surface area contributed by atoms with E-state index in [1.807, 2.05) is 31.1 Å². The fraction of sp³-hybridized carbons (Fsp3) is 0.615. The number of carbonyl (C=O) groups excluding carboxylic acids is 1. The predicted octanol–water partition coefficient (Wildman–Crippen LogP) is 2.61. The summed E-state index contributed by atoms with van der Waals surface area (Å²) in [5.74, 6) is 0.147. The van der Waals surface area contributed by atoms with Gasteiger partial charge in [0.1, 0.15) is 0 Å². The van der Waals surface area contributed by atoms with E-state index in [-0.39, 0.29) is 18.1 Å². The zero-order valence-corrected chi connectivity index (χ0v) is 11.6. The van der Waals surface area contributed by atoms with Gasteiger partial charge >= 0.3 is 0 Å². The van der Waals surface area contributed by atoms with E-state index in [0.29, 0.717) is 13.1 Å². The van der Waals surface area contributed by atoms with Crippen LogP contribution in [0.3, 0.4) is 0 Å². The van der Waals surface area contributed by atoms with Crippen molar-refractivity contribution in [1.82, 2.24) is 4.90 Å². The Bertz CT molecular complexity index is 417. The summed E-state index contributed by atoms with van der Waals surface area (Å²) in [5.41, 5.74) is 1.97. The molecule has 2 heterocycles. The van der Waals surface area contributed by atoms with Gasteiger partial charge < -0.3 is 9.64 Å². The Hall–Kier alpha value is -0.870. The van der Waals surface area contributed by atoms with Gasteiger partial charge in [0.05, 0.1) is 17.8 Å². The van der Waals surface area contributed by atoms with Crippen LogP contribution >= 0.6 is 11.3 Å². The Morgan fingerprint density at radius 3 is 2.41 bits per heavy atom. The van der Waals surface area contributed by atoms with Crippen LogP contribution < -0.4 is 0 Å². The van der Waals surface area contributed by atoms with Gasteiger partial charge in [-0.2, -0.15) is 0 Å². The summed E-state index contributed by atoms with van der Waals surface area (Å²) in [5, 5.41) is 1.97. The van der Waals surface area contributed by atoms with Crippen molar-refractivity contribution >= 4 is 17.2 Å². The van der Waals surface area contributed by atoms with Crippen molar-refractivity contribution in [2.45, 2.75) is 39.9 Å². The van der Waals surface area contributed by atoms with Gasteiger partial charge in [0.15, 0.2) is 0 Å². The molecule has 1 fully saturated rings. The highest BCUT2D eigenvalue weighted by molar-refractivity contribution is 7.10. The molecule has 3 nitrogen and oxygen atoms in total. The molecule has 0 N–H and O–H groups in total. The number of morpholine rings is 1. The summed E-state index contributed by atoms with van der Waals surface area (Å²) < 4.78 is 5.65. The van der Waals surface area contributed by atoms with Crippen molar-refractivity contribution in [3.8, 4) is 0 Å². The number of amides is 1. The van der Waals surface area contributed by atoms with Gasteiger partial charge in [-0.3, -0.25) is 4.79 Å². The molecule has 1 aromatic rings. The number of thiophene rings is 1. The minimum Gasteiger partial charge on any atom is -0.372 e. The van der Waals surface area contributed by atoms with Gasteiger partial charge in [-0.25, -0.2) is 0 Å². The van der Waals surface area contributed by atoms with E-state index in [0.717, 1.165) is 11.1 Å². The molecule has 94 valence electrons. The second-order valence-electron chi connectivity index (χ2n) is 4.80. The average Bonchev–Trinajstić information content (AvgIpc) is 2.57. The second kappa shape index (κ2) is 4.78. The summed E-state index contributed by atoms with van der Waals surface area (Å²) in [6, 6.07) is 0. The molecule has 1 aliphatic heterocycles. The maximum atomic E-state index is 12.4. The molecule has 17 heavy (non-hydrogen) atoms. The van der Waals surface area contributed by atoms with Crippen LogP contribution in [0.2, 0.25) is 0 Å². The molecule has 0 radical (unpaired) electrons. The Morgan fingerprint density at radius 2 is 1.94 bits per heavy atom.